The summed E-state index contributed by atoms with van der Waals surface area (Å²) in [6.45, 7) is 4.26. The van der Waals surface area contributed by atoms with Gasteiger partial charge in [0.25, 0.3) is 0 Å². The number of thiazole rings is 1. The molecule has 0 unspecified atom stereocenters. The average molecular weight is 520 g/mol. The van der Waals surface area contributed by atoms with Crippen LogP contribution in [-0.2, 0) is 21.7 Å². The van der Waals surface area contributed by atoms with Crippen LogP contribution >= 0.6 is 22.9 Å². The van der Waals surface area contributed by atoms with E-state index in [9.17, 15) is 13.2 Å². The molecule has 2 aromatic carbocycles. The zero-order chi connectivity index (χ0) is 24.3. The molecule has 0 saturated carbocycles. The largest absolute Gasteiger partial charge is 0.343 e. The van der Waals surface area contributed by atoms with Crippen LogP contribution in [0.1, 0.15) is 43.4 Å². The van der Waals surface area contributed by atoms with Crippen molar-refractivity contribution in [2.45, 2.75) is 43.4 Å². The number of rotatable bonds is 7. The van der Waals surface area contributed by atoms with E-state index in [2.05, 4.69) is 22.7 Å². The predicted octanol–water partition coefficient (Wildman–Crippen LogP) is 4.77. The fourth-order valence-corrected chi connectivity index (χ4v) is 6.91. The zero-order valence-corrected chi connectivity index (χ0v) is 21.9. The third kappa shape index (κ3) is 5.73. The van der Waals surface area contributed by atoms with E-state index in [1.165, 1.54) is 4.88 Å². The number of hydrogen-bond donors (Lipinski definition) is 0. The number of amides is 1. The summed E-state index contributed by atoms with van der Waals surface area (Å²) in [6, 6.07) is 10.3. The highest BCUT2D eigenvalue weighted by Gasteiger charge is 2.26. The number of piperidine rings is 1. The maximum atomic E-state index is 12.9. The van der Waals surface area contributed by atoms with Gasteiger partial charge < -0.3 is 9.47 Å². The smallest absolute Gasteiger partial charge is 0.223 e. The third-order valence-electron chi connectivity index (χ3n) is 6.27. The minimum atomic E-state index is -3.55. The van der Waals surface area contributed by atoms with E-state index in [-0.39, 0.29) is 23.0 Å². The quantitative estimate of drug-likeness (QED) is 0.451. The Hall–Kier alpha value is -2.16. The third-order valence-corrected chi connectivity index (χ3v) is 9.49. The lowest BCUT2D eigenvalue weighted by molar-refractivity contribution is -0.131. The normalized spacial score (nSPS) is 15.9. The molecule has 1 aliphatic rings. The van der Waals surface area contributed by atoms with Crippen molar-refractivity contribution >= 4 is 49.5 Å². The van der Waals surface area contributed by atoms with E-state index < -0.39 is 9.84 Å². The lowest BCUT2D eigenvalue weighted by atomic mass is 9.95. The van der Waals surface area contributed by atoms with Crippen molar-refractivity contribution in [3.05, 3.63) is 57.3 Å². The SMILES string of the molecule is CCCN=c1sc(C2CCN(C(=O)CCS(=O)(=O)c3ccc4cc(Cl)ccc4c3)CC2)cn1C. The second-order valence-corrected chi connectivity index (χ2v) is 12.4. The van der Waals surface area contributed by atoms with Crippen molar-refractivity contribution in [1.82, 2.24) is 9.47 Å². The Balaban J connectivity index is 1.34. The van der Waals surface area contributed by atoms with Crippen molar-refractivity contribution in [2.24, 2.45) is 12.0 Å². The Morgan fingerprint density at radius 2 is 1.85 bits per heavy atom. The number of aryl methyl sites for hydroxylation is 1. The number of carbonyl (C=O) groups is 1. The summed E-state index contributed by atoms with van der Waals surface area (Å²) in [6.07, 6.45) is 4.96. The molecule has 182 valence electrons. The van der Waals surface area contributed by atoms with E-state index in [0.29, 0.717) is 24.0 Å². The highest BCUT2D eigenvalue weighted by Crippen LogP contribution is 2.30. The summed E-state index contributed by atoms with van der Waals surface area (Å²) in [7, 11) is -1.53. The number of halogens is 1. The van der Waals surface area contributed by atoms with Gasteiger partial charge in [0.1, 0.15) is 0 Å². The molecule has 0 radical (unpaired) electrons. The van der Waals surface area contributed by atoms with E-state index >= 15 is 0 Å². The van der Waals surface area contributed by atoms with Gasteiger partial charge in [-0.15, -0.1) is 11.3 Å². The molecular formula is C25H30ClN3O3S2. The highest BCUT2D eigenvalue weighted by molar-refractivity contribution is 7.91. The Kier molecular flexibility index (Phi) is 7.80. The lowest BCUT2D eigenvalue weighted by Crippen LogP contribution is -2.38. The molecule has 4 rings (SSSR count). The molecule has 3 aromatic rings. The second-order valence-electron chi connectivity index (χ2n) is 8.79. The van der Waals surface area contributed by atoms with Crippen LogP contribution in [0.4, 0.5) is 0 Å². The number of fused-ring (bicyclic) bond motifs is 1. The molecule has 0 aliphatic carbocycles. The molecule has 1 amide bonds. The molecule has 1 aliphatic heterocycles. The Labute approximate surface area is 209 Å². The first-order valence-electron chi connectivity index (χ1n) is 11.6. The fraction of sp³-hybridized carbons (Fsp3) is 0.440. The number of benzene rings is 2. The van der Waals surface area contributed by atoms with Gasteiger partial charge in [0, 0.05) is 49.2 Å². The second kappa shape index (κ2) is 10.6. The lowest BCUT2D eigenvalue weighted by Gasteiger charge is -2.31. The molecule has 1 fully saturated rings. The monoisotopic (exact) mass is 519 g/mol. The van der Waals surface area contributed by atoms with E-state index in [0.717, 1.165) is 41.4 Å². The van der Waals surface area contributed by atoms with Crippen LogP contribution in [0.15, 0.2) is 52.5 Å². The number of sulfone groups is 1. The van der Waals surface area contributed by atoms with Gasteiger partial charge in [-0.05, 0) is 60.2 Å². The maximum Gasteiger partial charge on any atom is 0.223 e. The molecule has 0 spiro atoms. The predicted molar refractivity (Wildman–Crippen MR) is 138 cm³/mol. The summed E-state index contributed by atoms with van der Waals surface area (Å²) in [5.74, 6) is 0.138. The van der Waals surface area contributed by atoms with Gasteiger partial charge in [-0.3, -0.25) is 9.79 Å². The fourth-order valence-electron chi connectivity index (χ4n) is 4.29. The molecule has 1 aromatic heterocycles. The van der Waals surface area contributed by atoms with Crippen LogP contribution < -0.4 is 4.80 Å². The van der Waals surface area contributed by atoms with Crippen LogP contribution in [0.25, 0.3) is 10.8 Å². The van der Waals surface area contributed by atoms with Crippen LogP contribution in [-0.4, -0.2) is 49.2 Å². The standard InChI is InChI=1S/C25H30ClN3O3S2/c1-3-11-27-25-28(2)17-23(33-25)18-8-12-29(13-9-18)24(30)10-14-34(31,32)22-7-5-19-15-21(26)6-4-20(19)16-22/h4-7,15-18H,3,8-14H2,1-2H3. The first-order chi connectivity index (χ1) is 16.3. The van der Waals surface area contributed by atoms with Gasteiger partial charge in [-0.1, -0.05) is 30.7 Å². The van der Waals surface area contributed by atoms with Crippen LogP contribution in [0.5, 0.6) is 0 Å². The van der Waals surface area contributed by atoms with E-state index in [1.54, 1.807) is 47.7 Å². The highest BCUT2D eigenvalue weighted by atomic mass is 35.5. The molecule has 9 heteroatoms. The molecule has 2 heterocycles. The number of nitrogens with zero attached hydrogens (tertiary/aromatic N) is 3. The number of aromatic nitrogens is 1. The summed E-state index contributed by atoms with van der Waals surface area (Å²) in [5.41, 5.74) is 0. The first kappa shape index (κ1) is 24.9. The minimum Gasteiger partial charge on any atom is -0.343 e. The molecule has 34 heavy (non-hydrogen) atoms. The molecule has 0 bridgehead atoms. The first-order valence-corrected chi connectivity index (χ1v) is 14.5. The van der Waals surface area contributed by atoms with Crippen molar-refractivity contribution in [3.63, 3.8) is 0 Å². The van der Waals surface area contributed by atoms with Crippen molar-refractivity contribution in [2.75, 3.05) is 25.4 Å². The Morgan fingerprint density at radius 3 is 2.59 bits per heavy atom. The van der Waals surface area contributed by atoms with E-state index in [4.69, 9.17) is 11.6 Å². The average Bonchev–Trinajstić information content (AvgIpc) is 3.21. The number of carbonyl (C=O) groups excluding carboxylic acids is 1. The minimum absolute atomic E-state index is 0.000334. The van der Waals surface area contributed by atoms with Gasteiger partial charge >= 0.3 is 0 Å². The van der Waals surface area contributed by atoms with Gasteiger partial charge in [0.2, 0.25) is 5.91 Å². The molecule has 0 atom stereocenters. The summed E-state index contributed by atoms with van der Waals surface area (Å²) in [4.78, 5) is 21.8. The van der Waals surface area contributed by atoms with Crippen LogP contribution in [0, 0.1) is 0 Å². The van der Waals surface area contributed by atoms with Gasteiger partial charge in [0.15, 0.2) is 14.6 Å². The van der Waals surface area contributed by atoms with Crippen molar-refractivity contribution in [3.8, 4) is 0 Å². The van der Waals surface area contributed by atoms with Crippen molar-refractivity contribution in [1.29, 1.82) is 0 Å². The Bertz CT molecular complexity index is 1350. The van der Waals surface area contributed by atoms with Gasteiger partial charge in [0.05, 0.1) is 10.6 Å². The summed E-state index contributed by atoms with van der Waals surface area (Å²) >= 11 is 7.75. The number of likely N-dealkylation sites (tertiary alicyclic amines) is 1. The molecule has 0 N–H and O–H groups in total. The molecule has 6 nitrogen and oxygen atoms in total. The Morgan fingerprint density at radius 1 is 1.15 bits per heavy atom. The van der Waals surface area contributed by atoms with Gasteiger partial charge in [-0.25, -0.2) is 8.42 Å². The van der Waals surface area contributed by atoms with Crippen molar-refractivity contribution < 1.29 is 13.2 Å². The summed E-state index contributed by atoms with van der Waals surface area (Å²) in [5, 5.41) is 2.31. The van der Waals surface area contributed by atoms with E-state index in [1.807, 2.05) is 11.9 Å². The maximum absolute atomic E-state index is 12.9. The van der Waals surface area contributed by atoms with Crippen LogP contribution in [0.2, 0.25) is 5.02 Å². The number of hydrogen-bond acceptors (Lipinski definition) is 5. The topological polar surface area (TPSA) is 71.7 Å². The van der Waals surface area contributed by atoms with Crippen LogP contribution in [0.3, 0.4) is 0 Å². The molecule has 1 saturated heterocycles. The molecular weight excluding hydrogens is 490 g/mol. The summed E-state index contributed by atoms with van der Waals surface area (Å²) < 4.78 is 27.8. The van der Waals surface area contributed by atoms with Gasteiger partial charge in [-0.2, -0.15) is 0 Å². The zero-order valence-electron chi connectivity index (χ0n) is 19.5.